The standard InChI is InChI=1S/C8H14N2O3.ClH/c1-8(2,3)13-10-6(11)4-5(9)7(10)12;/h5H,4,9H2,1-3H3;1H. The molecule has 1 fully saturated rings. The zero-order chi connectivity index (χ0) is 10.2. The van der Waals surface area contributed by atoms with E-state index in [4.69, 9.17) is 10.6 Å². The Bertz CT molecular complexity index is 249. The number of carbonyl (C=O) groups excluding carboxylic acids is 2. The van der Waals surface area contributed by atoms with E-state index in [0.29, 0.717) is 0 Å². The summed E-state index contributed by atoms with van der Waals surface area (Å²) in [5, 5.41) is 0.769. The molecular weight excluding hydrogens is 208 g/mol. The summed E-state index contributed by atoms with van der Waals surface area (Å²) in [6, 6.07) is -0.741. The van der Waals surface area contributed by atoms with E-state index in [1.807, 2.05) is 0 Å². The molecule has 0 aromatic carbocycles. The molecule has 1 atom stereocenters. The summed E-state index contributed by atoms with van der Waals surface area (Å²) in [4.78, 5) is 27.6. The molecule has 0 aliphatic carbocycles. The summed E-state index contributed by atoms with van der Waals surface area (Å²) < 4.78 is 0. The van der Waals surface area contributed by atoms with Crippen LogP contribution in [0.2, 0.25) is 0 Å². The number of hydrogen-bond acceptors (Lipinski definition) is 4. The van der Waals surface area contributed by atoms with Gasteiger partial charge in [-0.3, -0.25) is 14.4 Å². The predicted molar refractivity (Wildman–Crippen MR) is 52.5 cm³/mol. The lowest BCUT2D eigenvalue weighted by Gasteiger charge is -2.24. The summed E-state index contributed by atoms with van der Waals surface area (Å²) in [5.41, 5.74) is 4.83. The number of nitrogens with two attached hydrogens (primary N) is 1. The zero-order valence-corrected chi connectivity index (χ0v) is 9.26. The predicted octanol–water partition coefficient (Wildman–Crippen LogP) is 0.225. The molecule has 0 spiro atoms. The van der Waals surface area contributed by atoms with Crippen LogP contribution in [0.1, 0.15) is 27.2 Å². The van der Waals surface area contributed by atoms with Gasteiger partial charge in [0, 0.05) is 0 Å². The van der Waals surface area contributed by atoms with Gasteiger partial charge in [-0.15, -0.1) is 12.4 Å². The van der Waals surface area contributed by atoms with Crippen molar-refractivity contribution in [3.63, 3.8) is 0 Å². The SMILES string of the molecule is CC(C)(C)ON1C(=O)CC(N)C1=O.Cl. The lowest BCUT2D eigenvalue weighted by molar-refractivity contribution is -0.219. The van der Waals surface area contributed by atoms with E-state index in [9.17, 15) is 9.59 Å². The van der Waals surface area contributed by atoms with Gasteiger partial charge in [0.1, 0.15) is 0 Å². The normalized spacial score (nSPS) is 22.6. The van der Waals surface area contributed by atoms with Crippen molar-refractivity contribution in [1.82, 2.24) is 5.06 Å². The average Bonchev–Trinajstić information content (AvgIpc) is 2.14. The maximum Gasteiger partial charge on any atom is 0.270 e. The van der Waals surface area contributed by atoms with Crippen LogP contribution in [0, 0.1) is 0 Å². The molecule has 2 N–H and O–H groups in total. The number of hydrogen-bond donors (Lipinski definition) is 1. The van der Waals surface area contributed by atoms with Crippen molar-refractivity contribution in [3.05, 3.63) is 0 Å². The highest BCUT2D eigenvalue weighted by Gasteiger charge is 2.39. The first-order chi connectivity index (χ1) is 5.81. The van der Waals surface area contributed by atoms with E-state index in [1.54, 1.807) is 20.8 Å². The van der Waals surface area contributed by atoms with Crippen LogP contribution in [0.3, 0.4) is 0 Å². The van der Waals surface area contributed by atoms with Crippen LogP contribution in [0.25, 0.3) is 0 Å². The van der Waals surface area contributed by atoms with Gasteiger partial charge in [-0.25, -0.2) is 0 Å². The van der Waals surface area contributed by atoms with Gasteiger partial charge in [0.15, 0.2) is 0 Å². The van der Waals surface area contributed by atoms with Gasteiger partial charge in [-0.2, -0.15) is 5.06 Å². The second-order valence-corrected chi connectivity index (χ2v) is 4.04. The van der Waals surface area contributed by atoms with Gasteiger partial charge in [0.25, 0.3) is 11.8 Å². The topological polar surface area (TPSA) is 72.6 Å². The number of nitrogens with zero attached hydrogens (tertiary/aromatic N) is 1. The molecule has 1 aliphatic heterocycles. The van der Waals surface area contributed by atoms with Gasteiger partial charge in [-0.05, 0) is 20.8 Å². The average molecular weight is 223 g/mol. The van der Waals surface area contributed by atoms with Crippen LogP contribution in [-0.4, -0.2) is 28.5 Å². The summed E-state index contributed by atoms with van der Waals surface area (Å²) in [5.74, 6) is -0.827. The summed E-state index contributed by atoms with van der Waals surface area (Å²) in [6.45, 7) is 5.28. The second-order valence-electron chi connectivity index (χ2n) is 4.04. The molecule has 0 aromatic heterocycles. The molecule has 82 valence electrons. The summed E-state index contributed by atoms with van der Waals surface area (Å²) in [7, 11) is 0. The smallest absolute Gasteiger partial charge is 0.270 e. The lowest BCUT2D eigenvalue weighted by Crippen LogP contribution is -2.40. The molecule has 1 heterocycles. The monoisotopic (exact) mass is 222 g/mol. The highest BCUT2D eigenvalue weighted by Crippen LogP contribution is 2.17. The van der Waals surface area contributed by atoms with Crippen LogP contribution in [0.5, 0.6) is 0 Å². The molecular formula is C8H15ClN2O3. The number of imide groups is 1. The Morgan fingerprint density at radius 1 is 1.43 bits per heavy atom. The third kappa shape index (κ3) is 2.94. The van der Waals surface area contributed by atoms with Crippen molar-refractivity contribution in [1.29, 1.82) is 0 Å². The van der Waals surface area contributed by atoms with E-state index in [1.165, 1.54) is 0 Å². The Morgan fingerprint density at radius 2 is 1.93 bits per heavy atom. The number of amides is 2. The minimum Gasteiger partial charge on any atom is -0.319 e. The summed E-state index contributed by atoms with van der Waals surface area (Å²) >= 11 is 0. The molecule has 2 amide bonds. The van der Waals surface area contributed by atoms with E-state index in [-0.39, 0.29) is 24.7 Å². The van der Waals surface area contributed by atoms with Crippen LogP contribution < -0.4 is 5.73 Å². The molecule has 5 nitrogen and oxygen atoms in total. The van der Waals surface area contributed by atoms with Gasteiger partial charge >= 0.3 is 0 Å². The molecule has 1 aliphatic rings. The first kappa shape index (κ1) is 13.4. The highest BCUT2D eigenvalue weighted by atomic mass is 35.5. The molecule has 0 saturated carbocycles. The minimum absolute atomic E-state index is 0. The first-order valence-corrected chi connectivity index (χ1v) is 4.13. The molecule has 1 unspecified atom stereocenters. The number of carbonyl (C=O) groups is 2. The molecule has 0 radical (unpaired) electrons. The fourth-order valence-electron chi connectivity index (χ4n) is 1.00. The quantitative estimate of drug-likeness (QED) is 0.645. The number of rotatable bonds is 1. The Hall–Kier alpha value is -0.650. The Labute approximate surface area is 88.9 Å². The molecule has 14 heavy (non-hydrogen) atoms. The minimum atomic E-state index is -0.741. The Morgan fingerprint density at radius 3 is 2.21 bits per heavy atom. The maximum atomic E-state index is 11.2. The first-order valence-electron chi connectivity index (χ1n) is 4.13. The molecule has 1 rings (SSSR count). The van der Waals surface area contributed by atoms with Gasteiger partial charge in [-0.1, -0.05) is 0 Å². The van der Waals surface area contributed by atoms with Gasteiger partial charge in [0.05, 0.1) is 18.1 Å². The van der Waals surface area contributed by atoms with Gasteiger partial charge in [0.2, 0.25) is 0 Å². The van der Waals surface area contributed by atoms with E-state index in [2.05, 4.69) is 0 Å². The van der Waals surface area contributed by atoms with Crippen molar-refractivity contribution < 1.29 is 14.4 Å². The molecule has 1 saturated heterocycles. The molecule has 0 bridgehead atoms. The third-order valence-corrected chi connectivity index (χ3v) is 1.50. The van der Waals surface area contributed by atoms with E-state index in [0.717, 1.165) is 5.06 Å². The number of halogens is 1. The summed E-state index contributed by atoms with van der Waals surface area (Å²) in [6.07, 6.45) is 0.0366. The molecule has 0 aromatic rings. The highest BCUT2D eigenvalue weighted by molar-refractivity contribution is 6.04. The Kier molecular flexibility index (Phi) is 4.05. The lowest BCUT2D eigenvalue weighted by atomic mass is 10.2. The van der Waals surface area contributed by atoms with Crippen LogP contribution in [-0.2, 0) is 14.4 Å². The molecule has 6 heteroatoms. The van der Waals surface area contributed by atoms with Crippen molar-refractivity contribution in [2.24, 2.45) is 5.73 Å². The van der Waals surface area contributed by atoms with E-state index < -0.39 is 17.6 Å². The van der Waals surface area contributed by atoms with Crippen molar-refractivity contribution in [3.8, 4) is 0 Å². The van der Waals surface area contributed by atoms with E-state index >= 15 is 0 Å². The van der Waals surface area contributed by atoms with Gasteiger partial charge < -0.3 is 5.73 Å². The zero-order valence-electron chi connectivity index (χ0n) is 8.44. The van der Waals surface area contributed by atoms with Crippen molar-refractivity contribution in [2.45, 2.75) is 38.8 Å². The van der Waals surface area contributed by atoms with Crippen LogP contribution in [0.4, 0.5) is 0 Å². The third-order valence-electron chi connectivity index (χ3n) is 1.50. The maximum absolute atomic E-state index is 11.2. The fourth-order valence-corrected chi connectivity index (χ4v) is 1.00. The second kappa shape index (κ2) is 4.25. The largest absolute Gasteiger partial charge is 0.319 e. The number of hydroxylamine groups is 2. The van der Waals surface area contributed by atoms with Crippen molar-refractivity contribution in [2.75, 3.05) is 0 Å². The van der Waals surface area contributed by atoms with Crippen LogP contribution in [0.15, 0.2) is 0 Å². The Balaban J connectivity index is 0.00000169. The fraction of sp³-hybridized carbons (Fsp3) is 0.750. The van der Waals surface area contributed by atoms with Crippen LogP contribution >= 0.6 is 12.4 Å². The van der Waals surface area contributed by atoms with Crippen molar-refractivity contribution >= 4 is 24.2 Å².